The maximum Gasteiger partial charge on any atom is 0.416 e. The Labute approximate surface area is 121 Å². The first-order valence-corrected chi connectivity index (χ1v) is 6.09. The van der Waals surface area contributed by atoms with Gasteiger partial charge in [0.25, 0.3) is 0 Å². The fourth-order valence-corrected chi connectivity index (χ4v) is 1.75. The Morgan fingerprint density at radius 2 is 1.60 bits per heavy atom. The molecule has 1 amide bonds. The van der Waals surface area contributed by atoms with Gasteiger partial charge in [0.1, 0.15) is 5.75 Å². The van der Waals surface area contributed by atoms with Gasteiger partial charge in [0.15, 0.2) is 0 Å². The van der Waals surface area contributed by atoms with E-state index in [0.29, 0.717) is 11.4 Å². The second-order valence-corrected chi connectivity index (χ2v) is 3.99. The number of halogens is 1. The molecule has 0 heterocycles. The van der Waals surface area contributed by atoms with Crippen molar-refractivity contribution < 1.29 is 18.9 Å². The van der Waals surface area contributed by atoms with Crippen LogP contribution in [0.15, 0.2) is 60.7 Å². The summed E-state index contributed by atoms with van der Waals surface area (Å²) in [6, 6.07) is 17.1. The average Bonchev–Trinajstić information content (AvgIpc) is 2.48. The number of carbonyl (C=O) groups is 1. The molecule has 0 radical (unpaired) electrons. The second kappa shape index (κ2) is 6.79. The molecule has 6 heteroatoms. The topological polar surface area (TPSA) is 59.0 Å². The molecule has 0 aliphatic heterocycles. The molecule has 0 aliphatic rings. The number of hydrogen-bond acceptors (Lipinski definition) is 3. The first-order valence-electron chi connectivity index (χ1n) is 5.78. The zero-order valence-corrected chi connectivity index (χ0v) is 11.1. The van der Waals surface area contributed by atoms with E-state index in [2.05, 4.69) is 4.29 Å². The van der Waals surface area contributed by atoms with E-state index in [-0.39, 0.29) is 0 Å². The standard InChI is InChI=1S/C14H12ClNO4/c15-20-14(19-12-9-5-2-6-10-12)16(13(17)18)11-7-3-1-4-8-11/h1-10,14H,(H,17,18). The van der Waals surface area contributed by atoms with Gasteiger partial charge in [0, 0.05) is 0 Å². The van der Waals surface area contributed by atoms with Gasteiger partial charge >= 0.3 is 12.5 Å². The second-order valence-electron chi connectivity index (χ2n) is 3.82. The summed E-state index contributed by atoms with van der Waals surface area (Å²) >= 11 is 5.38. The van der Waals surface area contributed by atoms with Crippen molar-refractivity contribution in [2.24, 2.45) is 0 Å². The van der Waals surface area contributed by atoms with Gasteiger partial charge in [-0.1, -0.05) is 36.4 Å². The van der Waals surface area contributed by atoms with Gasteiger partial charge in [0.2, 0.25) is 0 Å². The molecule has 0 saturated carbocycles. The third kappa shape index (κ3) is 3.40. The molecule has 0 fully saturated rings. The lowest BCUT2D eigenvalue weighted by molar-refractivity contribution is 0.0130. The molecule has 5 nitrogen and oxygen atoms in total. The number of para-hydroxylation sites is 2. The maximum absolute atomic E-state index is 11.4. The minimum atomic E-state index is -1.29. The van der Waals surface area contributed by atoms with Gasteiger partial charge < -0.3 is 9.84 Å². The highest BCUT2D eigenvalue weighted by atomic mass is 35.5. The van der Waals surface area contributed by atoms with Crippen LogP contribution in [0.25, 0.3) is 0 Å². The quantitative estimate of drug-likeness (QED) is 0.854. The Kier molecular flexibility index (Phi) is 4.81. The van der Waals surface area contributed by atoms with Crippen molar-refractivity contribution in [3.63, 3.8) is 0 Å². The van der Waals surface area contributed by atoms with Crippen LogP contribution in [-0.4, -0.2) is 17.6 Å². The van der Waals surface area contributed by atoms with Gasteiger partial charge in [-0.2, -0.15) is 0 Å². The van der Waals surface area contributed by atoms with Crippen molar-refractivity contribution in [2.75, 3.05) is 4.90 Å². The number of rotatable bonds is 5. The minimum absolute atomic E-state index is 0.390. The number of nitrogens with zero attached hydrogens (tertiary/aromatic N) is 1. The van der Waals surface area contributed by atoms with Gasteiger partial charge in [-0.05, 0) is 24.3 Å². The zero-order chi connectivity index (χ0) is 14.4. The summed E-state index contributed by atoms with van der Waals surface area (Å²) in [5, 5.41) is 9.31. The van der Waals surface area contributed by atoms with E-state index in [1.54, 1.807) is 54.6 Å². The highest BCUT2D eigenvalue weighted by molar-refractivity contribution is 6.07. The van der Waals surface area contributed by atoms with E-state index in [0.717, 1.165) is 4.90 Å². The summed E-state index contributed by atoms with van der Waals surface area (Å²) in [6.07, 6.45) is -2.53. The molecule has 0 aromatic heterocycles. The molecule has 1 atom stereocenters. The van der Waals surface area contributed by atoms with Crippen LogP contribution >= 0.6 is 11.9 Å². The summed E-state index contributed by atoms with van der Waals surface area (Å²) in [7, 11) is 0. The first-order chi connectivity index (χ1) is 9.72. The molecule has 20 heavy (non-hydrogen) atoms. The van der Waals surface area contributed by atoms with E-state index < -0.39 is 12.5 Å². The number of benzene rings is 2. The molecule has 0 aliphatic carbocycles. The highest BCUT2D eigenvalue weighted by Gasteiger charge is 2.27. The summed E-state index contributed by atoms with van der Waals surface area (Å²) in [5.41, 5.74) is 0.390. The number of hydrogen-bond donors (Lipinski definition) is 1. The molecular weight excluding hydrogens is 282 g/mol. The maximum atomic E-state index is 11.4. The fraction of sp³-hybridized carbons (Fsp3) is 0.0714. The van der Waals surface area contributed by atoms with Crippen LogP contribution in [0.4, 0.5) is 10.5 Å². The van der Waals surface area contributed by atoms with Crippen LogP contribution in [0, 0.1) is 0 Å². The Hall–Kier alpha value is -2.24. The third-order valence-electron chi connectivity index (χ3n) is 2.51. The van der Waals surface area contributed by atoms with E-state index in [1.165, 1.54) is 0 Å². The molecule has 0 saturated heterocycles. The molecule has 0 spiro atoms. The molecule has 2 rings (SSSR count). The normalized spacial score (nSPS) is 11.7. The number of anilines is 1. The minimum Gasteiger partial charge on any atom is -0.465 e. The van der Waals surface area contributed by atoms with E-state index >= 15 is 0 Å². The van der Waals surface area contributed by atoms with Crippen molar-refractivity contribution in [1.29, 1.82) is 0 Å². The lowest BCUT2D eigenvalue weighted by Gasteiger charge is -2.26. The van der Waals surface area contributed by atoms with Crippen LogP contribution in [0.3, 0.4) is 0 Å². The zero-order valence-electron chi connectivity index (χ0n) is 10.3. The van der Waals surface area contributed by atoms with Crippen molar-refractivity contribution in [3.05, 3.63) is 60.7 Å². The Bertz CT molecular complexity index is 550. The van der Waals surface area contributed by atoms with Crippen molar-refractivity contribution >= 4 is 23.6 Å². The summed E-state index contributed by atoms with van der Waals surface area (Å²) in [6.45, 7) is 0. The molecular formula is C14H12ClNO4. The molecule has 104 valence electrons. The van der Waals surface area contributed by atoms with Crippen LogP contribution in [0.1, 0.15) is 0 Å². The average molecular weight is 294 g/mol. The van der Waals surface area contributed by atoms with E-state index in [9.17, 15) is 9.90 Å². The van der Waals surface area contributed by atoms with Crippen molar-refractivity contribution in [1.82, 2.24) is 0 Å². The lowest BCUT2D eigenvalue weighted by Crippen LogP contribution is -2.43. The summed E-state index contributed by atoms with van der Waals surface area (Å²) in [4.78, 5) is 12.3. The third-order valence-corrected chi connectivity index (χ3v) is 2.66. The van der Waals surface area contributed by atoms with Crippen molar-refractivity contribution in [3.8, 4) is 5.75 Å². The molecule has 0 bridgehead atoms. The monoisotopic (exact) mass is 293 g/mol. The van der Waals surface area contributed by atoms with Crippen LogP contribution in [0.5, 0.6) is 5.75 Å². The molecule has 2 aromatic rings. The molecule has 2 aromatic carbocycles. The Morgan fingerprint density at radius 3 is 2.10 bits per heavy atom. The highest BCUT2D eigenvalue weighted by Crippen LogP contribution is 2.21. The summed E-state index contributed by atoms with van der Waals surface area (Å²) in [5.74, 6) is 0.445. The fourth-order valence-electron chi connectivity index (χ4n) is 1.64. The molecule has 1 N–H and O–H groups in total. The number of carboxylic acid groups (broad SMARTS) is 1. The predicted molar refractivity (Wildman–Crippen MR) is 74.7 cm³/mol. The number of amides is 1. The van der Waals surface area contributed by atoms with Gasteiger partial charge in [0.05, 0.1) is 17.6 Å². The predicted octanol–water partition coefficient (Wildman–Crippen LogP) is 3.70. The van der Waals surface area contributed by atoms with Gasteiger partial charge in [-0.3, -0.25) is 0 Å². The van der Waals surface area contributed by atoms with E-state index in [1.807, 2.05) is 6.07 Å². The Balaban J connectivity index is 2.25. The van der Waals surface area contributed by atoms with Gasteiger partial charge in [-0.25, -0.2) is 14.0 Å². The van der Waals surface area contributed by atoms with Crippen LogP contribution < -0.4 is 9.64 Å². The number of ether oxygens (including phenoxy) is 1. The Morgan fingerprint density at radius 1 is 1.05 bits per heavy atom. The summed E-state index contributed by atoms with van der Waals surface area (Å²) < 4.78 is 10.1. The largest absolute Gasteiger partial charge is 0.465 e. The van der Waals surface area contributed by atoms with Crippen LogP contribution in [0.2, 0.25) is 0 Å². The van der Waals surface area contributed by atoms with Gasteiger partial charge in [-0.15, -0.1) is 0 Å². The smallest absolute Gasteiger partial charge is 0.416 e. The SMILES string of the molecule is O=C(O)N(c1ccccc1)C(OCl)Oc1ccccc1. The first kappa shape index (κ1) is 14.2. The van der Waals surface area contributed by atoms with Crippen LogP contribution in [-0.2, 0) is 4.29 Å². The lowest BCUT2D eigenvalue weighted by atomic mass is 10.3. The van der Waals surface area contributed by atoms with E-state index in [4.69, 9.17) is 16.6 Å². The molecule has 1 unspecified atom stereocenters. The van der Waals surface area contributed by atoms with Crippen molar-refractivity contribution in [2.45, 2.75) is 6.41 Å².